The Morgan fingerprint density at radius 2 is 2.50 bits per heavy atom. The van der Waals surface area contributed by atoms with Crippen molar-refractivity contribution < 1.29 is 9.21 Å². The number of rotatable bonds is 7. The summed E-state index contributed by atoms with van der Waals surface area (Å²) >= 11 is 1.73. The Balaban J connectivity index is 1.85. The maximum Gasteiger partial charge on any atom is 0.273 e. The minimum atomic E-state index is -0.234. The Morgan fingerprint density at radius 1 is 1.72 bits per heavy atom. The van der Waals surface area contributed by atoms with Crippen LogP contribution in [0, 0.1) is 5.92 Å². The lowest BCUT2D eigenvalue weighted by atomic mass is 10.2. The molecular weight excluding hydrogens is 250 g/mol. The monoisotopic (exact) mass is 269 g/mol. The second kappa shape index (κ2) is 6.24. The number of hydrogen-bond acceptors (Lipinski definition) is 5. The first-order valence-electron chi connectivity index (χ1n) is 6.19. The molecule has 2 rings (SSSR count). The molecule has 1 amide bonds. The smallest absolute Gasteiger partial charge is 0.273 e. The van der Waals surface area contributed by atoms with Crippen molar-refractivity contribution in [1.29, 1.82) is 0 Å². The zero-order chi connectivity index (χ0) is 13.0. The molecule has 1 saturated carbocycles. The van der Waals surface area contributed by atoms with Crippen molar-refractivity contribution in [2.24, 2.45) is 11.7 Å². The largest absolute Gasteiger partial charge is 0.446 e. The topological polar surface area (TPSA) is 81.1 Å². The molecule has 18 heavy (non-hydrogen) atoms. The van der Waals surface area contributed by atoms with Crippen LogP contribution in [0.4, 0.5) is 0 Å². The van der Waals surface area contributed by atoms with E-state index in [1.54, 1.807) is 11.8 Å². The molecule has 1 aliphatic rings. The Morgan fingerprint density at radius 3 is 3.17 bits per heavy atom. The minimum Gasteiger partial charge on any atom is -0.446 e. The standard InChI is InChI=1S/C12H19N3O2S/c1-18-5-4-9(13)12-15-10(7-17-12)11(16)14-6-8-2-3-8/h7-9H,2-6,13H2,1H3,(H,14,16). The number of nitrogens with two attached hydrogens (primary N) is 1. The highest BCUT2D eigenvalue weighted by atomic mass is 32.2. The van der Waals surface area contributed by atoms with Gasteiger partial charge >= 0.3 is 0 Å². The fourth-order valence-electron chi connectivity index (χ4n) is 1.58. The van der Waals surface area contributed by atoms with E-state index < -0.39 is 0 Å². The van der Waals surface area contributed by atoms with Gasteiger partial charge < -0.3 is 15.5 Å². The fourth-order valence-corrected chi connectivity index (χ4v) is 2.07. The van der Waals surface area contributed by atoms with Gasteiger partial charge in [-0.1, -0.05) is 0 Å². The van der Waals surface area contributed by atoms with Gasteiger partial charge in [0.2, 0.25) is 5.89 Å². The van der Waals surface area contributed by atoms with E-state index in [-0.39, 0.29) is 11.9 Å². The van der Waals surface area contributed by atoms with Crippen molar-refractivity contribution in [3.8, 4) is 0 Å². The molecule has 100 valence electrons. The van der Waals surface area contributed by atoms with Crippen LogP contribution in [0.15, 0.2) is 10.7 Å². The average Bonchev–Trinajstić information content (AvgIpc) is 3.07. The highest BCUT2D eigenvalue weighted by Crippen LogP contribution is 2.27. The van der Waals surface area contributed by atoms with Crippen molar-refractivity contribution in [1.82, 2.24) is 10.3 Å². The average molecular weight is 269 g/mol. The molecule has 1 aromatic rings. The molecule has 1 atom stereocenters. The third-order valence-corrected chi connectivity index (χ3v) is 3.60. The van der Waals surface area contributed by atoms with Gasteiger partial charge in [-0.3, -0.25) is 4.79 Å². The van der Waals surface area contributed by atoms with E-state index in [2.05, 4.69) is 10.3 Å². The molecule has 1 aliphatic carbocycles. The number of nitrogens with one attached hydrogen (secondary N) is 1. The number of carbonyl (C=O) groups is 1. The number of thioether (sulfide) groups is 1. The predicted octanol–water partition coefficient (Wildman–Crippen LogP) is 1.57. The van der Waals surface area contributed by atoms with Crippen LogP contribution in [0.5, 0.6) is 0 Å². The van der Waals surface area contributed by atoms with Gasteiger partial charge in [-0.2, -0.15) is 11.8 Å². The van der Waals surface area contributed by atoms with Gasteiger partial charge in [0.05, 0.1) is 6.04 Å². The van der Waals surface area contributed by atoms with Gasteiger partial charge in [-0.15, -0.1) is 0 Å². The Labute approximate surface area is 111 Å². The molecule has 1 heterocycles. The zero-order valence-corrected chi connectivity index (χ0v) is 11.3. The molecule has 0 bridgehead atoms. The van der Waals surface area contributed by atoms with E-state index >= 15 is 0 Å². The third-order valence-electron chi connectivity index (χ3n) is 2.95. The number of aromatic nitrogens is 1. The van der Waals surface area contributed by atoms with Gasteiger partial charge in [-0.05, 0) is 37.2 Å². The van der Waals surface area contributed by atoms with Gasteiger partial charge in [0, 0.05) is 6.54 Å². The maximum atomic E-state index is 11.7. The fraction of sp³-hybridized carbons (Fsp3) is 0.667. The van der Waals surface area contributed by atoms with E-state index in [1.807, 2.05) is 6.26 Å². The summed E-state index contributed by atoms with van der Waals surface area (Å²) < 4.78 is 5.26. The first kappa shape index (κ1) is 13.4. The molecule has 0 spiro atoms. The summed E-state index contributed by atoms with van der Waals surface area (Å²) in [5.41, 5.74) is 6.25. The SMILES string of the molecule is CSCCC(N)c1nc(C(=O)NCC2CC2)co1. The van der Waals surface area contributed by atoms with Crippen LogP contribution in [0.2, 0.25) is 0 Å². The first-order chi connectivity index (χ1) is 8.70. The van der Waals surface area contributed by atoms with Crippen LogP contribution < -0.4 is 11.1 Å². The van der Waals surface area contributed by atoms with E-state index in [0.29, 0.717) is 17.5 Å². The molecule has 6 heteroatoms. The Hall–Kier alpha value is -1.01. The normalized spacial score (nSPS) is 16.6. The maximum absolute atomic E-state index is 11.7. The molecule has 0 aliphatic heterocycles. The molecule has 1 fully saturated rings. The number of nitrogens with zero attached hydrogens (tertiary/aromatic N) is 1. The van der Waals surface area contributed by atoms with Crippen molar-refractivity contribution in [2.45, 2.75) is 25.3 Å². The van der Waals surface area contributed by atoms with Crippen LogP contribution in [-0.4, -0.2) is 29.4 Å². The van der Waals surface area contributed by atoms with Crippen LogP contribution in [-0.2, 0) is 0 Å². The summed E-state index contributed by atoms with van der Waals surface area (Å²) in [7, 11) is 0. The van der Waals surface area contributed by atoms with Crippen LogP contribution >= 0.6 is 11.8 Å². The number of oxazole rings is 1. The highest BCUT2D eigenvalue weighted by molar-refractivity contribution is 7.98. The second-order valence-electron chi connectivity index (χ2n) is 4.61. The lowest BCUT2D eigenvalue weighted by Crippen LogP contribution is -2.26. The van der Waals surface area contributed by atoms with E-state index in [9.17, 15) is 4.79 Å². The number of hydrogen-bond donors (Lipinski definition) is 2. The minimum absolute atomic E-state index is 0.172. The summed E-state index contributed by atoms with van der Waals surface area (Å²) in [4.78, 5) is 15.9. The van der Waals surface area contributed by atoms with Crippen molar-refractivity contribution in [2.75, 3.05) is 18.6 Å². The van der Waals surface area contributed by atoms with Crippen molar-refractivity contribution >= 4 is 17.7 Å². The lowest BCUT2D eigenvalue weighted by Gasteiger charge is -2.04. The van der Waals surface area contributed by atoms with Crippen LogP contribution in [0.1, 0.15) is 41.7 Å². The van der Waals surface area contributed by atoms with Gasteiger partial charge in [0.15, 0.2) is 5.69 Å². The molecule has 5 nitrogen and oxygen atoms in total. The molecule has 0 radical (unpaired) electrons. The summed E-state index contributed by atoms with van der Waals surface area (Å²) in [6.07, 6.45) is 6.63. The number of amides is 1. The molecule has 0 aromatic carbocycles. The molecule has 1 unspecified atom stereocenters. The summed E-state index contributed by atoms with van der Waals surface area (Å²) in [6, 6.07) is -0.234. The summed E-state index contributed by atoms with van der Waals surface area (Å²) in [5, 5.41) is 2.85. The van der Waals surface area contributed by atoms with E-state index in [4.69, 9.17) is 10.2 Å². The first-order valence-corrected chi connectivity index (χ1v) is 7.58. The van der Waals surface area contributed by atoms with E-state index in [1.165, 1.54) is 19.1 Å². The van der Waals surface area contributed by atoms with Crippen LogP contribution in [0.3, 0.4) is 0 Å². The molecule has 0 saturated heterocycles. The van der Waals surface area contributed by atoms with E-state index in [0.717, 1.165) is 18.7 Å². The quantitative estimate of drug-likeness (QED) is 0.785. The molecule has 3 N–H and O–H groups in total. The Bertz CT molecular complexity index is 404. The summed E-state index contributed by atoms with van der Waals surface area (Å²) in [5.74, 6) is 1.88. The zero-order valence-electron chi connectivity index (χ0n) is 10.5. The second-order valence-corrected chi connectivity index (χ2v) is 5.60. The summed E-state index contributed by atoms with van der Waals surface area (Å²) in [6.45, 7) is 0.736. The predicted molar refractivity (Wildman–Crippen MR) is 71.5 cm³/mol. The highest BCUT2D eigenvalue weighted by Gasteiger charge is 2.23. The van der Waals surface area contributed by atoms with Gasteiger partial charge in [0.25, 0.3) is 5.91 Å². The number of carbonyl (C=O) groups excluding carboxylic acids is 1. The van der Waals surface area contributed by atoms with Crippen molar-refractivity contribution in [3.05, 3.63) is 17.8 Å². The molecule has 1 aromatic heterocycles. The van der Waals surface area contributed by atoms with Gasteiger partial charge in [-0.25, -0.2) is 4.98 Å². The molecular formula is C12H19N3O2S. The Kier molecular flexibility index (Phi) is 4.66. The third kappa shape index (κ3) is 3.74. The van der Waals surface area contributed by atoms with Gasteiger partial charge in [0.1, 0.15) is 6.26 Å². The van der Waals surface area contributed by atoms with Crippen LogP contribution in [0.25, 0.3) is 0 Å². The lowest BCUT2D eigenvalue weighted by molar-refractivity contribution is 0.0946. The van der Waals surface area contributed by atoms with Crippen molar-refractivity contribution in [3.63, 3.8) is 0 Å².